The quantitative estimate of drug-likeness (QED) is 0.457. The van der Waals surface area contributed by atoms with Gasteiger partial charge in [0.1, 0.15) is 6.61 Å². The van der Waals surface area contributed by atoms with Crippen molar-refractivity contribution in [1.29, 1.82) is 0 Å². The van der Waals surface area contributed by atoms with E-state index < -0.39 is 0 Å². The van der Waals surface area contributed by atoms with Gasteiger partial charge in [0, 0.05) is 0 Å². The highest BCUT2D eigenvalue weighted by molar-refractivity contribution is 5.77. The number of hydrogen-bond acceptors (Lipinski definition) is 4. The Morgan fingerprint density at radius 2 is 1.50 bits per heavy atom. The Kier molecular flexibility index (Phi) is 9.75. The number of ether oxygens (including phenoxy) is 2. The van der Waals surface area contributed by atoms with E-state index in [2.05, 4.69) is 6.92 Å². The highest BCUT2D eigenvalue weighted by Gasteiger charge is 2.09. The summed E-state index contributed by atoms with van der Waals surface area (Å²) in [5.74, 6) is -0.698. The van der Waals surface area contributed by atoms with Crippen molar-refractivity contribution in [2.24, 2.45) is 0 Å². The van der Waals surface area contributed by atoms with E-state index in [-0.39, 0.29) is 31.4 Å². The van der Waals surface area contributed by atoms with Gasteiger partial charge in [0.2, 0.25) is 0 Å². The first kappa shape index (κ1) is 18.2. The monoisotopic (exact) mass is 306 g/mol. The van der Waals surface area contributed by atoms with Crippen molar-refractivity contribution in [3.63, 3.8) is 0 Å². The molecule has 0 spiro atoms. The van der Waals surface area contributed by atoms with E-state index in [1.165, 1.54) is 19.3 Å². The summed E-state index contributed by atoms with van der Waals surface area (Å²) in [5.41, 5.74) is 0.936. The minimum Gasteiger partial charge on any atom is -0.466 e. The minimum atomic E-state index is -0.372. The van der Waals surface area contributed by atoms with Crippen LogP contribution < -0.4 is 0 Å². The molecule has 0 radical (unpaired) electrons. The van der Waals surface area contributed by atoms with E-state index in [9.17, 15) is 9.59 Å². The smallest absolute Gasteiger partial charge is 0.306 e. The lowest BCUT2D eigenvalue weighted by atomic mass is 10.2. The lowest BCUT2D eigenvalue weighted by molar-refractivity contribution is -0.151. The number of carbonyl (C=O) groups is 2. The van der Waals surface area contributed by atoms with Crippen LogP contribution in [0.2, 0.25) is 0 Å². The fraction of sp³-hybridized carbons (Fsp3) is 0.556. The van der Waals surface area contributed by atoms with Crippen LogP contribution in [0, 0.1) is 0 Å². The van der Waals surface area contributed by atoms with Crippen LogP contribution in [-0.4, -0.2) is 18.5 Å². The molecule has 0 atom stereocenters. The van der Waals surface area contributed by atoms with E-state index in [1.54, 1.807) is 0 Å². The third kappa shape index (κ3) is 9.16. The van der Waals surface area contributed by atoms with E-state index >= 15 is 0 Å². The van der Waals surface area contributed by atoms with Gasteiger partial charge in [-0.2, -0.15) is 0 Å². The number of hydrogen-bond donors (Lipinski definition) is 0. The lowest BCUT2D eigenvalue weighted by Gasteiger charge is -2.06. The molecule has 0 aliphatic rings. The predicted octanol–water partition coefficient (Wildman–Crippen LogP) is 4.02. The molecule has 0 aliphatic carbocycles. The first-order chi connectivity index (χ1) is 10.7. The number of unbranched alkanes of at least 4 members (excludes halogenated alkanes) is 4. The van der Waals surface area contributed by atoms with E-state index in [0.717, 1.165) is 18.4 Å². The van der Waals surface area contributed by atoms with Gasteiger partial charge in [0.05, 0.1) is 19.4 Å². The van der Waals surface area contributed by atoms with Crippen LogP contribution in [-0.2, 0) is 25.7 Å². The highest BCUT2D eigenvalue weighted by atomic mass is 16.5. The third-order valence-corrected chi connectivity index (χ3v) is 3.29. The molecule has 0 heterocycles. The van der Waals surface area contributed by atoms with Gasteiger partial charge in [-0.1, -0.05) is 62.9 Å². The molecule has 1 aromatic carbocycles. The van der Waals surface area contributed by atoms with Gasteiger partial charge in [-0.15, -0.1) is 0 Å². The lowest BCUT2D eigenvalue weighted by Crippen LogP contribution is -2.11. The zero-order valence-electron chi connectivity index (χ0n) is 13.4. The standard InChI is InChI=1S/C18H26O4/c1-2-3-4-5-9-14-21-17(19)12-13-18(20)22-15-16-10-7-6-8-11-16/h6-8,10-11H,2-5,9,12-15H2,1H3. The zero-order valence-corrected chi connectivity index (χ0v) is 13.4. The van der Waals surface area contributed by atoms with Crippen LogP contribution in [0.25, 0.3) is 0 Å². The molecule has 122 valence electrons. The molecule has 0 fully saturated rings. The van der Waals surface area contributed by atoms with Gasteiger partial charge >= 0.3 is 11.9 Å². The Morgan fingerprint density at radius 1 is 0.864 bits per heavy atom. The second kappa shape index (κ2) is 11.8. The van der Waals surface area contributed by atoms with Crippen LogP contribution in [0.1, 0.15) is 57.4 Å². The molecule has 0 bridgehead atoms. The van der Waals surface area contributed by atoms with Crippen LogP contribution in [0.15, 0.2) is 30.3 Å². The Bertz CT molecular complexity index is 428. The summed E-state index contributed by atoms with van der Waals surface area (Å²) >= 11 is 0. The van der Waals surface area contributed by atoms with Crippen LogP contribution >= 0.6 is 0 Å². The Hall–Kier alpha value is -1.84. The molecule has 22 heavy (non-hydrogen) atoms. The van der Waals surface area contributed by atoms with E-state index in [1.807, 2.05) is 30.3 Å². The maximum atomic E-state index is 11.5. The number of esters is 2. The van der Waals surface area contributed by atoms with Crippen molar-refractivity contribution in [1.82, 2.24) is 0 Å². The maximum Gasteiger partial charge on any atom is 0.306 e. The van der Waals surface area contributed by atoms with Crippen molar-refractivity contribution in [3.8, 4) is 0 Å². The summed E-state index contributed by atoms with van der Waals surface area (Å²) in [6.07, 6.45) is 5.74. The molecule has 1 rings (SSSR count). The summed E-state index contributed by atoms with van der Waals surface area (Å²) < 4.78 is 10.2. The maximum absolute atomic E-state index is 11.5. The number of carbonyl (C=O) groups excluding carboxylic acids is 2. The molecular weight excluding hydrogens is 280 g/mol. The fourth-order valence-corrected chi connectivity index (χ4v) is 1.98. The summed E-state index contributed by atoms with van der Waals surface area (Å²) in [7, 11) is 0. The molecule has 0 amide bonds. The highest BCUT2D eigenvalue weighted by Crippen LogP contribution is 2.05. The van der Waals surface area contributed by atoms with Crippen LogP contribution in [0.3, 0.4) is 0 Å². The summed E-state index contributed by atoms with van der Waals surface area (Å²) in [5, 5.41) is 0. The topological polar surface area (TPSA) is 52.6 Å². The van der Waals surface area contributed by atoms with Crippen molar-refractivity contribution in [2.45, 2.75) is 58.5 Å². The second-order valence-electron chi connectivity index (χ2n) is 5.28. The normalized spacial score (nSPS) is 10.2. The summed E-state index contributed by atoms with van der Waals surface area (Å²) in [6.45, 7) is 2.85. The van der Waals surface area contributed by atoms with Crippen molar-refractivity contribution >= 4 is 11.9 Å². The zero-order chi connectivity index (χ0) is 16.0. The Labute approximate surface area is 132 Å². The SMILES string of the molecule is CCCCCCCOC(=O)CCC(=O)OCc1ccccc1. The average molecular weight is 306 g/mol. The number of rotatable bonds is 11. The summed E-state index contributed by atoms with van der Waals surface area (Å²) in [6, 6.07) is 9.46. The van der Waals surface area contributed by atoms with Gasteiger partial charge in [0.15, 0.2) is 0 Å². The molecule has 0 saturated heterocycles. The average Bonchev–Trinajstić information content (AvgIpc) is 2.55. The minimum absolute atomic E-state index is 0.0709. The third-order valence-electron chi connectivity index (χ3n) is 3.29. The van der Waals surface area contributed by atoms with Crippen LogP contribution in [0.4, 0.5) is 0 Å². The van der Waals surface area contributed by atoms with E-state index in [0.29, 0.717) is 6.61 Å². The van der Waals surface area contributed by atoms with Gasteiger partial charge in [0.25, 0.3) is 0 Å². The van der Waals surface area contributed by atoms with Crippen LogP contribution in [0.5, 0.6) is 0 Å². The Morgan fingerprint density at radius 3 is 2.18 bits per heavy atom. The molecular formula is C18H26O4. The molecule has 0 aliphatic heterocycles. The van der Waals surface area contributed by atoms with Gasteiger partial charge in [-0.3, -0.25) is 9.59 Å². The van der Waals surface area contributed by atoms with Gasteiger partial charge in [-0.05, 0) is 12.0 Å². The molecule has 4 nitrogen and oxygen atoms in total. The molecule has 0 saturated carbocycles. The second-order valence-corrected chi connectivity index (χ2v) is 5.28. The van der Waals surface area contributed by atoms with Crippen molar-refractivity contribution in [2.75, 3.05) is 6.61 Å². The van der Waals surface area contributed by atoms with Crippen molar-refractivity contribution < 1.29 is 19.1 Å². The predicted molar refractivity (Wildman–Crippen MR) is 85.2 cm³/mol. The largest absolute Gasteiger partial charge is 0.466 e. The molecule has 4 heteroatoms. The molecule has 1 aromatic rings. The first-order valence-electron chi connectivity index (χ1n) is 8.07. The van der Waals surface area contributed by atoms with Crippen molar-refractivity contribution in [3.05, 3.63) is 35.9 Å². The van der Waals surface area contributed by atoms with Gasteiger partial charge < -0.3 is 9.47 Å². The molecule has 0 unspecified atom stereocenters. The first-order valence-corrected chi connectivity index (χ1v) is 8.07. The molecule has 0 N–H and O–H groups in total. The van der Waals surface area contributed by atoms with Gasteiger partial charge in [-0.25, -0.2) is 0 Å². The molecule has 0 aromatic heterocycles. The Balaban J connectivity index is 2.02. The fourth-order valence-electron chi connectivity index (χ4n) is 1.98. The number of benzene rings is 1. The summed E-state index contributed by atoms with van der Waals surface area (Å²) in [4.78, 5) is 23.0. The van der Waals surface area contributed by atoms with E-state index in [4.69, 9.17) is 9.47 Å².